The number of nitrogen functional groups attached to an aromatic ring is 1. The normalized spacial score (nSPS) is 10.1. The van der Waals surface area contributed by atoms with E-state index >= 15 is 0 Å². The third-order valence-electron chi connectivity index (χ3n) is 2.69. The maximum absolute atomic E-state index is 13.0. The number of nitrogens with one attached hydrogen (secondary N) is 1. The standard InChI is InChI=1S/C13H11FN4O3/c14-9-3-1-2-8(4-9)6-17-13(19)10-5-12(15)16-7-11(10)18(20)21/h1-5,7H,6H2,(H2,15,16)(H,17,19). The Morgan fingerprint density at radius 3 is 2.86 bits per heavy atom. The van der Waals surface area contributed by atoms with E-state index in [1.54, 1.807) is 6.07 Å². The molecule has 0 saturated carbocycles. The third-order valence-corrected chi connectivity index (χ3v) is 2.69. The van der Waals surface area contributed by atoms with Gasteiger partial charge in [-0.05, 0) is 23.8 Å². The fraction of sp³-hybridized carbons (Fsp3) is 0.0769. The summed E-state index contributed by atoms with van der Waals surface area (Å²) in [6.07, 6.45) is 0.923. The van der Waals surface area contributed by atoms with E-state index in [4.69, 9.17) is 5.73 Å². The summed E-state index contributed by atoms with van der Waals surface area (Å²) in [6, 6.07) is 6.79. The highest BCUT2D eigenvalue weighted by Gasteiger charge is 2.21. The fourth-order valence-electron chi connectivity index (χ4n) is 1.72. The average molecular weight is 290 g/mol. The largest absolute Gasteiger partial charge is 0.384 e. The van der Waals surface area contributed by atoms with Crippen molar-refractivity contribution in [1.82, 2.24) is 10.3 Å². The molecule has 1 aromatic carbocycles. The molecule has 0 fully saturated rings. The molecule has 1 amide bonds. The van der Waals surface area contributed by atoms with Crippen molar-refractivity contribution in [2.45, 2.75) is 6.54 Å². The number of nitro groups is 1. The molecule has 0 aliphatic heterocycles. The predicted molar refractivity (Wildman–Crippen MR) is 72.9 cm³/mol. The Kier molecular flexibility index (Phi) is 4.07. The van der Waals surface area contributed by atoms with E-state index in [-0.39, 0.29) is 17.9 Å². The minimum absolute atomic E-state index is 0.00324. The number of pyridine rings is 1. The molecule has 2 rings (SSSR count). The maximum atomic E-state index is 13.0. The second-order valence-corrected chi connectivity index (χ2v) is 4.20. The Hall–Kier alpha value is -3.03. The van der Waals surface area contributed by atoms with E-state index < -0.39 is 22.3 Å². The molecular weight excluding hydrogens is 279 g/mol. The van der Waals surface area contributed by atoms with Crippen molar-refractivity contribution in [1.29, 1.82) is 0 Å². The Morgan fingerprint density at radius 1 is 1.43 bits per heavy atom. The van der Waals surface area contributed by atoms with Crippen molar-refractivity contribution in [2.24, 2.45) is 0 Å². The summed E-state index contributed by atoms with van der Waals surface area (Å²) in [5.74, 6) is -1.11. The zero-order valence-corrected chi connectivity index (χ0v) is 10.7. The number of amides is 1. The fourth-order valence-corrected chi connectivity index (χ4v) is 1.72. The van der Waals surface area contributed by atoms with Crippen LogP contribution in [0.25, 0.3) is 0 Å². The van der Waals surface area contributed by atoms with Crippen molar-refractivity contribution < 1.29 is 14.1 Å². The van der Waals surface area contributed by atoms with Gasteiger partial charge in [-0.2, -0.15) is 0 Å². The van der Waals surface area contributed by atoms with Crippen molar-refractivity contribution in [3.05, 3.63) is 63.6 Å². The number of nitrogens with two attached hydrogens (primary N) is 1. The van der Waals surface area contributed by atoms with Crippen LogP contribution in [0.4, 0.5) is 15.9 Å². The number of anilines is 1. The Balaban J connectivity index is 2.17. The zero-order chi connectivity index (χ0) is 15.4. The summed E-state index contributed by atoms with van der Waals surface area (Å²) in [7, 11) is 0. The summed E-state index contributed by atoms with van der Waals surface area (Å²) in [5.41, 5.74) is 5.33. The van der Waals surface area contributed by atoms with Crippen molar-refractivity contribution in [3.63, 3.8) is 0 Å². The van der Waals surface area contributed by atoms with Crippen LogP contribution in [0.5, 0.6) is 0 Å². The molecule has 0 atom stereocenters. The highest BCUT2D eigenvalue weighted by molar-refractivity contribution is 5.98. The summed E-state index contributed by atoms with van der Waals surface area (Å²) in [4.78, 5) is 25.7. The minimum atomic E-state index is -0.719. The average Bonchev–Trinajstić information content (AvgIpc) is 2.44. The highest BCUT2D eigenvalue weighted by atomic mass is 19.1. The van der Waals surface area contributed by atoms with E-state index in [1.807, 2.05) is 0 Å². The van der Waals surface area contributed by atoms with Gasteiger partial charge < -0.3 is 11.1 Å². The lowest BCUT2D eigenvalue weighted by atomic mass is 10.2. The molecule has 0 aliphatic rings. The number of benzene rings is 1. The van der Waals surface area contributed by atoms with Gasteiger partial charge in [-0.15, -0.1) is 0 Å². The monoisotopic (exact) mass is 290 g/mol. The smallest absolute Gasteiger partial charge is 0.300 e. The van der Waals surface area contributed by atoms with E-state index in [2.05, 4.69) is 10.3 Å². The molecule has 1 aromatic heterocycles. The molecule has 0 aliphatic carbocycles. The second-order valence-electron chi connectivity index (χ2n) is 4.20. The zero-order valence-electron chi connectivity index (χ0n) is 10.7. The number of nitrogens with zero attached hydrogens (tertiary/aromatic N) is 2. The quantitative estimate of drug-likeness (QED) is 0.656. The van der Waals surface area contributed by atoms with Gasteiger partial charge in [0.05, 0.1) is 4.92 Å². The van der Waals surface area contributed by atoms with Crippen LogP contribution in [0.2, 0.25) is 0 Å². The molecule has 108 valence electrons. The molecule has 0 unspecified atom stereocenters. The van der Waals surface area contributed by atoms with Crippen molar-refractivity contribution >= 4 is 17.4 Å². The number of halogens is 1. The topological polar surface area (TPSA) is 111 Å². The van der Waals surface area contributed by atoms with Gasteiger partial charge in [0.2, 0.25) is 0 Å². The number of aromatic nitrogens is 1. The first kappa shape index (κ1) is 14.4. The SMILES string of the molecule is Nc1cc(C(=O)NCc2cccc(F)c2)c([N+](=O)[O-])cn1. The summed E-state index contributed by atoms with van der Waals surface area (Å²) in [6.45, 7) is 0.0377. The van der Waals surface area contributed by atoms with Gasteiger partial charge >= 0.3 is 0 Å². The second kappa shape index (κ2) is 5.95. The minimum Gasteiger partial charge on any atom is -0.384 e. The lowest BCUT2D eigenvalue weighted by Crippen LogP contribution is -2.24. The molecule has 7 nitrogen and oxygen atoms in total. The molecule has 0 radical (unpaired) electrons. The van der Waals surface area contributed by atoms with Crippen LogP contribution in [0.15, 0.2) is 36.5 Å². The lowest BCUT2D eigenvalue weighted by molar-refractivity contribution is -0.385. The Bertz CT molecular complexity index is 706. The molecule has 0 bridgehead atoms. The van der Waals surface area contributed by atoms with E-state index in [1.165, 1.54) is 18.2 Å². The highest BCUT2D eigenvalue weighted by Crippen LogP contribution is 2.19. The van der Waals surface area contributed by atoms with Gasteiger partial charge in [-0.3, -0.25) is 14.9 Å². The van der Waals surface area contributed by atoms with E-state index in [0.29, 0.717) is 5.56 Å². The molecule has 21 heavy (non-hydrogen) atoms. The first-order valence-corrected chi connectivity index (χ1v) is 5.90. The molecule has 3 N–H and O–H groups in total. The van der Waals surface area contributed by atoms with Crippen LogP contribution in [-0.4, -0.2) is 15.8 Å². The number of hydrogen-bond donors (Lipinski definition) is 2. The molecule has 2 aromatic rings. The lowest BCUT2D eigenvalue weighted by Gasteiger charge is -2.06. The van der Waals surface area contributed by atoms with Crippen LogP contribution < -0.4 is 11.1 Å². The van der Waals surface area contributed by atoms with Gasteiger partial charge in [0.15, 0.2) is 0 Å². The van der Waals surface area contributed by atoms with Gasteiger partial charge in [-0.1, -0.05) is 12.1 Å². The van der Waals surface area contributed by atoms with Gasteiger partial charge in [0, 0.05) is 6.54 Å². The number of carbonyl (C=O) groups is 1. The summed E-state index contributed by atoms with van der Waals surface area (Å²) >= 11 is 0. The van der Waals surface area contributed by atoms with Crippen molar-refractivity contribution in [2.75, 3.05) is 5.73 Å². The van der Waals surface area contributed by atoms with Gasteiger partial charge in [-0.25, -0.2) is 9.37 Å². The van der Waals surface area contributed by atoms with Gasteiger partial charge in [0.1, 0.15) is 23.4 Å². The number of rotatable bonds is 4. The van der Waals surface area contributed by atoms with Crippen LogP contribution in [0, 0.1) is 15.9 Å². The summed E-state index contributed by atoms with van der Waals surface area (Å²) < 4.78 is 13.0. The van der Waals surface area contributed by atoms with Crippen LogP contribution in [0.1, 0.15) is 15.9 Å². The van der Waals surface area contributed by atoms with E-state index in [0.717, 1.165) is 12.3 Å². The number of carbonyl (C=O) groups excluding carboxylic acids is 1. The third kappa shape index (κ3) is 3.50. The molecule has 1 heterocycles. The Labute approximate surface area is 118 Å². The predicted octanol–water partition coefficient (Wildman–Crippen LogP) is 1.64. The molecule has 0 spiro atoms. The molecule has 8 heteroatoms. The maximum Gasteiger partial charge on any atom is 0.300 e. The first-order valence-electron chi connectivity index (χ1n) is 5.90. The number of hydrogen-bond acceptors (Lipinski definition) is 5. The summed E-state index contributed by atoms with van der Waals surface area (Å²) in [5, 5.41) is 13.3. The van der Waals surface area contributed by atoms with E-state index in [9.17, 15) is 19.3 Å². The molecular formula is C13H11FN4O3. The van der Waals surface area contributed by atoms with Gasteiger partial charge in [0.25, 0.3) is 11.6 Å². The van der Waals surface area contributed by atoms with Crippen LogP contribution in [0.3, 0.4) is 0 Å². The first-order chi connectivity index (χ1) is 9.97. The van der Waals surface area contributed by atoms with Crippen LogP contribution in [-0.2, 0) is 6.54 Å². The van der Waals surface area contributed by atoms with Crippen molar-refractivity contribution in [3.8, 4) is 0 Å². The van der Waals surface area contributed by atoms with Crippen LogP contribution >= 0.6 is 0 Å². The Morgan fingerprint density at radius 2 is 2.19 bits per heavy atom. The molecule has 0 saturated heterocycles.